The maximum Gasteiger partial charge on any atom is 0.175 e. The smallest absolute Gasteiger partial charge is 0.175 e. The minimum atomic E-state index is -3.00. The summed E-state index contributed by atoms with van der Waals surface area (Å²) in [5, 5.41) is 8.63. The molecule has 0 amide bonds. The fourth-order valence-corrected chi connectivity index (χ4v) is 1.75. The van der Waals surface area contributed by atoms with Crippen molar-refractivity contribution in [2.75, 3.05) is 6.26 Å². The molecule has 4 heteroatoms. The number of rotatable bonds is 1. The van der Waals surface area contributed by atoms with Crippen LogP contribution in [0, 0.1) is 0 Å². The molecule has 2 rings (SSSR count). The van der Waals surface area contributed by atoms with Crippen LogP contribution in [0.1, 0.15) is 0 Å². The van der Waals surface area contributed by atoms with E-state index in [1.807, 2.05) is 6.07 Å². The van der Waals surface area contributed by atoms with E-state index in [0.29, 0.717) is 10.6 Å². The standard InChI is InChI=1S/C7H8O2S.C6H6O/c1-10(8,9)7-5-3-2-4-6-7;7-6-4-2-1-3-5-6/h2-6H,1H3;1-5,7H. The zero-order valence-corrected chi connectivity index (χ0v) is 10.3. The molecule has 90 valence electrons. The Morgan fingerprint density at radius 1 is 0.824 bits per heavy atom. The third-order valence-corrected chi connectivity index (χ3v) is 3.06. The van der Waals surface area contributed by atoms with Crippen LogP contribution in [0.4, 0.5) is 0 Å². The SMILES string of the molecule is CS(=O)(=O)c1ccccc1.Oc1ccccc1. The first-order valence-electron chi connectivity index (χ1n) is 4.99. The van der Waals surface area contributed by atoms with Gasteiger partial charge >= 0.3 is 0 Å². The predicted molar refractivity (Wildman–Crippen MR) is 67.7 cm³/mol. The third-order valence-electron chi connectivity index (χ3n) is 1.93. The van der Waals surface area contributed by atoms with E-state index in [0.717, 1.165) is 0 Å². The highest BCUT2D eigenvalue weighted by molar-refractivity contribution is 7.90. The molecule has 0 bridgehead atoms. The van der Waals surface area contributed by atoms with Crippen LogP contribution in [0.3, 0.4) is 0 Å². The van der Waals surface area contributed by atoms with Gasteiger partial charge in [0.05, 0.1) is 4.90 Å². The molecule has 0 unspecified atom stereocenters. The number of aromatic hydroxyl groups is 1. The van der Waals surface area contributed by atoms with E-state index < -0.39 is 9.84 Å². The lowest BCUT2D eigenvalue weighted by atomic mass is 10.3. The fourth-order valence-electron chi connectivity index (χ4n) is 1.10. The Balaban J connectivity index is 0.000000181. The van der Waals surface area contributed by atoms with Gasteiger partial charge in [0.2, 0.25) is 0 Å². The molecule has 0 atom stereocenters. The van der Waals surface area contributed by atoms with Crippen molar-refractivity contribution in [3.05, 3.63) is 60.7 Å². The molecule has 0 radical (unpaired) electrons. The molecule has 0 heterocycles. The summed E-state index contributed by atoms with van der Waals surface area (Å²) < 4.78 is 21.7. The van der Waals surface area contributed by atoms with Crippen molar-refractivity contribution in [2.24, 2.45) is 0 Å². The number of benzene rings is 2. The normalized spacial score (nSPS) is 10.2. The highest BCUT2D eigenvalue weighted by atomic mass is 32.2. The van der Waals surface area contributed by atoms with Gasteiger partial charge in [0, 0.05) is 6.26 Å². The lowest BCUT2D eigenvalue weighted by Gasteiger charge is -1.93. The summed E-state index contributed by atoms with van der Waals surface area (Å²) in [5.74, 6) is 0.322. The van der Waals surface area contributed by atoms with Crippen LogP contribution in [0.15, 0.2) is 65.6 Å². The zero-order chi connectivity index (χ0) is 12.7. The molecule has 2 aromatic rings. The van der Waals surface area contributed by atoms with Gasteiger partial charge in [-0.2, -0.15) is 0 Å². The van der Waals surface area contributed by atoms with Crippen molar-refractivity contribution in [3.63, 3.8) is 0 Å². The van der Waals surface area contributed by atoms with Gasteiger partial charge < -0.3 is 5.11 Å². The summed E-state index contributed by atoms with van der Waals surface area (Å²) in [4.78, 5) is 0.370. The molecule has 2 aromatic carbocycles. The molecule has 0 spiro atoms. The number of hydrogen-bond donors (Lipinski definition) is 1. The quantitative estimate of drug-likeness (QED) is 0.846. The molecule has 0 aromatic heterocycles. The van der Waals surface area contributed by atoms with E-state index >= 15 is 0 Å². The lowest BCUT2D eigenvalue weighted by molar-refractivity contribution is 0.475. The van der Waals surface area contributed by atoms with Crippen LogP contribution < -0.4 is 0 Å². The van der Waals surface area contributed by atoms with Crippen LogP contribution >= 0.6 is 0 Å². The highest BCUT2D eigenvalue weighted by Gasteiger charge is 2.02. The number of phenols is 1. The van der Waals surface area contributed by atoms with Gasteiger partial charge in [0.25, 0.3) is 0 Å². The van der Waals surface area contributed by atoms with Crippen molar-refractivity contribution in [1.29, 1.82) is 0 Å². The summed E-state index contributed by atoms with van der Waals surface area (Å²) in [6.07, 6.45) is 1.20. The van der Waals surface area contributed by atoms with Crippen molar-refractivity contribution in [2.45, 2.75) is 4.90 Å². The number of sulfone groups is 1. The summed E-state index contributed by atoms with van der Waals surface area (Å²) in [7, 11) is -3.00. The molecule has 0 saturated heterocycles. The molecule has 0 saturated carbocycles. The Morgan fingerprint density at radius 3 is 1.47 bits per heavy atom. The summed E-state index contributed by atoms with van der Waals surface area (Å²) in [6.45, 7) is 0. The van der Waals surface area contributed by atoms with Gasteiger partial charge in [-0.1, -0.05) is 36.4 Å². The highest BCUT2D eigenvalue weighted by Crippen LogP contribution is 2.05. The van der Waals surface area contributed by atoms with Gasteiger partial charge in [0.1, 0.15) is 5.75 Å². The van der Waals surface area contributed by atoms with Gasteiger partial charge in [0.15, 0.2) is 9.84 Å². The minimum Gasteiger partial charge on any atom is -0.508 e. The first kappa shape index (κ1) is 13.3. The Kier molecular flexibility index (Phi) is 4.72. The second kappa shape index (κ2) is 6.06. The van der Waals surface area contributed by atoms with Crippen LogP contribution in [-0.2, 0) is 9.84 Å². The maximum atomic E-state index is 10.8. The first-order chi connectivity index (χ1) is 8.00. The van der Waals surface area contributed by atoms with Gasteiger partial charge in [-0.3, -0.25) is 0 Å². The van der Waals surface area contributed by atoms with Crippen molar-refractivity contribution in [3.8, 4) is 5.75 Å². The molecular formula is C13H14O3S. The summed E-state index contributed by atoms with van der Waals surface area (Å²) in [5.41, 5.74) is 0. The molecule has 17 heavy (non-hydrogen) atoms. The van der Waals surface area contributed by atoms with E-state index in [2.05, 4.69) is 0 Å². The van der Waals surface area contributed by atoms with E-state index in [1.165, 1.54) is 6.26 Å². The molecule has 0 aliphatic heterocycles. The molecule has 0 fully saturated rings. The minimum absolute atomic E-state index is 0.322. The van der Waals surface area contributed by atoms with Crippen molar-refractivity contribution < 1.29 is 13.5 Å². The van der Waals surface area contributed by atoms with Crippen LogP contribution in [0.2, 0.25) is 0 Å². The van der Waals surface area contributed by atoms with E-state index in [9.17, 15) is 8.42 Å². The molecule has 0 aliphatic carbocycles. The Morgan fingerprint density at radius 2 is 1.24 bits per heavy atom. The second-order valence-corrected chi connectivity index (χ2v) is 5.44. The monoisotopic (exact) mass is 250 g/mol. The second-order valence-electron chi connectivity index (χ2n) is 3.42. The largest absolute Gasteiger partial charge is 0.508 e. The summed E-state index contributed by atoms with van der Waals surface area (Å²) >= 11 is 0. The maximum absolute atomic E-state index is 10.8. The van der Waals surface area contributed by atoms with Crippen LogP contribution in [0.5, 0.6) is 5.75 Å². The van der Waals surface area contributed by atoms with E-state index in [-0.39, 0.29) is 0 Å². The fraction of sp³-hybridized carbons (Fsp3) is 0.0769. The third kappa shape index (κ3) is 5.17. The molecule has 0 aliphatic rings. The van der Waals surface area contributed by atoms with Gasteiger partial charge in [-0.15, -0.1) is 0 Å². The zero-order valence-electron chi connectivity index (χ0n) is 9.45. The van der Waals surface area contributed by atoms with Gasteiger partial charge in [-0.25, -0.2) is 8.42 Å². The van der Waals surface area contributed by atoms with Crippen molar-refractivity contribution >= 4 is 9.84 Å². The van der Waals surface area contributed by atoms with E-state index in [4.69, 9.17) is 5.11 Å². The van der Waals surface area contributed by atoms with E-state index in [1.54, 1.807) is 54.6 Å². The van der Waals surface area contributed by atoms with Crippen LogP contribution in [0.25, 0.3) is 0 Å². The number of phenolic OH excluding ortho intramolecular Hbond substituents is 1. The molecular weight excluding hydrogens is 236 g/mol. The average molecular weight is 250 g/mol. The van der Waals surface area contributed by atoms with Gasteiger partial charge in [-0.05, 0) is 24.3 Å². The Labute approximate surface area is 101 Å². The summed E-state index contributed by atoms with van der Waals surface area (Å²) in [6, 6.07) is 17.1. The number of para-hydroxylation sites is 1. The predicted octanol–water partition coefficient (Wildman–Crippen LogP) is 2.48. The average Bonchev–Trinajstić information content (AvgIpc) is 2.31. The molecule has 1 N–H and O–H groups in total. The lowest BCUT2D eigenvalue weighted by Crippen LogP contribution is -1.95. The molecule has 3 nitrogen and oxygen atoms in total. The van der Waals surface area contributed by atoms with Crippen LogP contribution in [-0.4, -0.2) is 19.8 Å². The Bertz CT molecular complexity index is 533. The number of hydrogen-bond acceptors (Lipinski definition) is 3. The topological polar surface area (TPSA) is 54.4 Å². The first-order valence-corrected chi connectivity index (χ1v) is 6.88. The Hall–Kier alpha value is -1.81. The van der Waals surface area contributed by atoms with Crippen molar-refractivity contribution in [1.82, 2.24) is 0 Å².